The summed E-state index contributed by atoms with van der Waals surface area (Å²) in [6.07, 6.45) is 0. The van der Waals surface area contributed by atoms with Gasteiger partial charge >= 0.3 is 0 Å². The van der Waals surface area contributed by atoms with Crippen LogP contribution in [0.15, 0.2) is 45.1 Å². The van der Waals surface area contributed by atoms with Crippen LogP contribution >= 0.6 is 27.3 Å². The molecule has 0 radical (unpaired) electrons. The van der Waals surface area contributed by atoms with Crippen LogP contribution in [0.3, 0.4) is 0 Å². The standard InChI is InChI=1S/C12H13BrN2O2S2/c13-11-6-9(7-14)3-4-12(11)19(16,17)15-8-10-2-1-5-18-10/h1-6,15H,7-8,14H2. The van der Waals surface area contributed by atoms with Crippen LogP contribution in [0.1, 0.15) is 10.4 Å². The summed E-state index contributed by atoms with van der Waals surface area (Å²) < 4.78 is 27.5. The number of halogens is 1. The van der Waals surface area contributed by atoms with E-state index in [-0.39, 0.29) is 4.90 Å². The van der Waals surface area contributed by atoms with Crippen LogP contribution in [0.5, 0.6) is 0 Å². The highest BCUT2D eigenvalue weighted by Gasteiger charge is 2.17. The van der Waals surface area contributed by atoms with E-state index in [2.05, 4.69) is 20.7 Å². The minimum atomic E-state index is -3.52. The lowest BCUT2D eigenvalue weighted by molar-refractivity contribution is 0.581. The summed E-state index contributed by atoms with van der Waals surface area (Å²) in [7, 11) is -3.52. The second-order valence-electron chi connectivity index (χ2n) is 3.87. The van der Waals surface area contributed by atoms with E-state index in [1.54, 1.807) is 18.2 Å². The number of hydrogen-bond acceptors (Lipinski definition) is 4. The van der Waals surface area contributed by atoms with E-state index in [0.29, 0.717) is 17.6 Å². The molecule has 0 aliphatic carbocycles. The molecule has 2 aromatic rings. The van der Waals surface area contributed by atoms with Crippen LogP contribution in [0.4, 0.5) is 0 Å². The Kier molecular flexibility index (Phi) is 4.75. The van der Waals surface area contributed by atoms with Crippen LogP contribution in [0.25, 0.3) is 0 Å². The van der Waals surface area contributed by atoms with Crippen molar-refractivity contribution in [2.45, 2.75) is 18.0 Å². The van der Waals surface area contributed by atoms with E-state index in [1.807, 2.05) is 17.5 Å². The van der Waals surface area contributed by atoms with Gasteiger partial charge in [-0.25, -0.2) is 13.1 Å². The fourth-order valence-corrected chi connectivity index (χ4v) is 4.41. The zero-order chi connectivity index (χ0) is 13.9. The largest absolute Gasteiger partial charge is 0.326 e. The third-order valence-corrected chi connectivity index (χ3v) is 5.79. The number of sulfonamides is 1. The molecule has 0 aliphatic rings. The van der Waals surface area contributed by atoms with Crippen LogP contribution in [-0.4, -0.2) is 8.42 Å². The first-order chi connectivity index (χ1) is 9.03. The van der Waals surface area contributed by atoms with Gasteiger partial charge in [-0.3, -0.25) is 0 Å². The van der Waals surface area contributed by atoms with Gasteiger partial charge in [-0.1, -0.05) is 12.1 Å². The Morgan fingerprint density at radius 2 is 2.11 bits per heavy atom. The van der Waals surface area contributed by atoms with Gasteiger partial charge in [0.1, 0.15) is 0 Å². The van der Waals surface area contributed by atoms with Gasteiger partial charge in [0.25, 0.3) is 0 Å². The molecule has 19 heavy (non-hydrogen) atoms. The molecule has 0 spiro atoms. The summed E-state index contributed by atoms with van der Waals surface area (Å²) in [4.78, 5) is 1.19. The Morgan fingerprint density at radius 3 is 2.68 bits per heavy atom. The first-order valence-electron chi connectivity index (χ1n) is 5.53. The monoisotopic (exact) mass is 360 g/mol. The molecule has 2 rings (SSSR count). The molecule has 0 fully saturated rings. The van der Waals surface area contributed by atoms with E-state index in [1.165, 1.54) is 11.3 Å². The van der Waals surface area contributed by atoms with Crippen LogP contribution in [-0.2, 0) is 23.1 Å². The number of thiophene rings is 1. The molecular formula is C12H13BrN2O2S2. The smallest absolute Gasteiger partial charge is 0.242 e. The van der Waals surface area contributed by atoms with Gasteiger partial charge in [-0.2, -0.15) is 0 Å². The van der Waals surface area contributed by atoms with Crippen molar-refractivity contribution in [2.24, 2.45) is 5.73 Å². The van der Waals surface area contributed by atoms with Crippen molar-refractivity contribution in [3.05, 3.63) is 50.6 Å². The first kappa shape index (κ1) is 14.7. The number of rotatable bonds is 5. The molecule has 3 N–H and O–H groups in total. The number of nitrogens with one attached hydrogen (secondary N) is 1. The molecule has 0 amide bonds. The minimum absolute atomic E-state index is 0.223. The van der Waals surface area contributed by atoms with E-state index in [0.717, 1.165) is 10.4 Å². The molecule has 0 aliphatic heterocycles. The predicted octanol–water partition coefficient (Wildman–Crippen LogP) is 2.45. The van der Waals surface area contributed by atoms with Crippen molar-refractivity contribution in [1.29, 1.82) is 0 Å². The Labute approximate surface area is 124 Å². The lowest BCUT2D eigenvalue weighted by atomic mass is 10.2. The molecule has 0 unspecified atom stereocenters. The van der Waals surface area contributed by atoms with Gasteiger partial charge in [-0.15, -0.1) is 11.3 Å². The van der Waals surface area contributed by atoms with Gasteiger partial charge in [0.2, 0.25) is 10.0 Å². The van der Waals surface area contributed by atoms with Gasteiger partial charge in [-0.05, 0) is 45.1 Å². The van der Waals surface area contributed by atoms with Crippen LogP contribution < -0.4 is 10.5 Å². The summed E-state index contributed by atoms with van der Waals surface area (Å²) >= 11 is 4.78. The SMILES string of the molecule is NCc1ccc(S(=O)(=O)NCc2cccs2)c(Br)c1. The maximum atomic E-state index is 12.2. The molecule has 0 saturated carbocycles. The molecule has 0 bridgehead atoms. The zero-order valence-electron chi connectivity index (χ0n) is 9.97. The quantitative estimate of drug-likeness (QED) is 0.859. The van der Waals surface area contributed by atoms with Crippen LogP contribution in [0, 0.1) is 0 Å². The Balaban J connectivity index is 2.19. The Morgan fingerprint density at radius 1 is 1.32 bits per heavy atom. The van der Waals surface area contributed by atoms with Gasteiger partial charge in [0.15, 0.2) is 0 Å². The van der Waals surface area contributed by atoms with Crippen LogP contribution in [0.2, 0.25) is 0 Å². The first-order valence-corrected chi connectivity index (χ1v) is 8.69. The predicted molar refractivity (Wildman–Crippen MR) is 80.4 cm³/mol. The summed E-state index contributed by atoms with van der Waals surface area (Å²) in [6, 6.07) is 8.77. The van der Waals surface area contributed by atoms with E-state index < -0.39 is 10.0 Å². The topological polar surface area (TPSA) is 72.2 Å². The van der Waals surface area contributed by atoms with E-state index >= 15 is 0 Å². The molecule has 7 heteroatoms. The summed E-state index contributed by atoms with van der Waals surface area (Å²) in [5.74, 6) is 0. The average Bonchev–Trinajstić information content (AvgIpc) is 2.89. The van der Waals surface area contributed by atoms with Crippen molar-refractivity contribution < 1.29 is 8.42 Å². The van der Waals surface area contributed by atoms with E-state index in [4.69, 9.17) is 5.73 Å². The highest BCUT2D eigenvalue weighted by Crippen LogP contribution is 2.23. The Bertz CT molecular complexity index is 654. The highest BCUT2D eigenvalue weighted by molar-refractivity contribution is 9.10. The summed E-state index contributed by atoms with van der Waals surface area (Å²) in [5, 5.41) is 1.91. The van der Waals surface area contributed by atoms with Crippen molar-refractivity contribution in [1.82, 2.24) is 4.72 Å². The lowest BCUT2D eigenvalue weighted by Crippen LogP contribution is -2.23. The fourth-order valence-electron chi connectivity index (χ4n) is 1.55. The third kappa shape index (κ3) is 3.64. The Hall–Kier alpha value is -0.730. The van der Waals surface area contributed by atoms with Gasteiger partial charge < -0.3 is 5.73 Å². The average molecular weight is 361 g/mol. The van der Waals surface area contributed by atoms with Crippen molar-refractivity contribution >= 4 is 37.3 Å². The molecule has 1 aromatic carbocycles. The molecule has 0 saturated heterocycles. The number of nitrogens with two attached hydrogens (primary N) is 1. The second kappa shape index (κ2) is 6.15. The highest BCUT2D eigenvalue weighted by atomic mass is 79.9. The molecule has 1 heterocycles. The van der Waals surface area contributed by atoms with Crippen molar-refractivity contribution in [2.75, 3.05) is 0 Å². The lowest BCUT2D eigenvalue weighted by Gasteiger charge is -2.09. The minimum Gasteiger partial charge on any atom is -0.326 e. The van der Waals surface area contributed by atoms with Crippen molar-refractivity contribution in [3.8, 4) is 0 Å². The molecular weight excluding hydrogens is 348 g/mol. The second-order valence-corrected chi connectivity index (χ2v) is 7.49. The maximum absolute atomic E-state index is 12.2. The summed E-state index contributed by atoms with van der Waals surface area (Å²) in [6.45, 7) is 0.673. The summed E-state index contributed by atoms with van der Waals surface area (Å²) in [5.41, 5.74) is 6.39. The zero-order valence-corrected chi connectivity index (χ0v) is 13.2. The van der Waals surface area contributed by atoms with E-state index in [9.17, 15) is 8.42 Å². The molecule has 0 atom stereocenters. The number of hydrogen-bond donors (Lipinski definition) is 2. The molecule has 102 valence electrons. The van der Waals surface area contributed by atoms with Gasteiger partial charge in [0.05, 0.1) is 4.90 Å². The van der Waals surface area contributed by atoms with Gasteiger partial charge in [0, 0.05) is 22.4 Å². The number of benzene rings is 1. The maximum Gasteiger partial charge on any atom is 0.242 e. The normalized spacial score (nSPS) is 11.7. The third-order valence-electron chi connectivity index (χ3n) is 2.54. The fraction of sp³-hybridized carbons (Fsp3) is 0.167. The van der Waals surface area contributed by atoms with Crippen molar-refractivity contribution in [3.63, 3.8) is 0 Å². The molecule has 1 aromatic heterocycles. The molecule has 4 nitrogen and oxygen atoms in total.